The van der Waals surface area contributed by atoms with Crippen molar-refractivity contribution in [3.8, 4) is 0 Å². The summed E-state index contributed by atoms with van der Waals surface area (Å²) in [6.45, 7) is 6.51. The molecule has 0 unspecified atom stereocenters. The molecule has 6 heteroatoms. The first-order valence-electron chi connectivity index (χ1n) is 27.1. The highest BCUT2D eigenvalue weighted by Crippen LogP contribution is 2.13. The van der Waals surface area contributed by atoms with Gasteiger partial charge in [-0.1, -0.05) is 202 Å². The maximum Gasteiger partial charge on any atom is 0.306 e. The fraction of sp³-hybridized carbons (Fsp3) is 0.712. The third-order valence-electron chi connectivity index (χ3n) is 11.3. The number of carbonyl (C=O) groups excluding carboxylic acids is 3. The molecule has 0 bridgehead atoms. The summed E-state index contributed by atoms with van der Waals surface area (Å²) in [7, 11) is 0. The van der Waals surface area contributed by atoms with Crippen LogP contribution < -0.4 is 0 Å². The Morgan fingerprint density at radius 1 is 0.308 bits per heavy atom. The van der Waals surface area contributed by atoms with E-state index in [1.165, 1.54) is 116 Å². The molecule has 0 spiro atoms. The van der Waals surface area contributed by atoms with Crippen LogP contribution in [0.25, 0.3) is 0 Å². The number of esters is 3. The van der Waals surface area contributed by atoms with E-state index >= 15 is 0 Å². The van der Waals surface area contributed by atoms with Crippen LogP contribution in [-0.4, -0.2) is 37.2 Å². The number of hydrogen-bond donors (Lipinski definition) is 0. The van der Waals surface area contributed by atoms with Gasteiger partial charge in [0.2, 0.25) is 0 Å². The number of allylic oxidation sites excluding steroid dienone is 14. The zero-order valence-corrected chi connectivity index (χ0v) is 42.5. The van der Waals surface area contributed by atoms with Crippen LogP contribution in [0.5, 0.6) is 0 Å². The van der Waals surface area contributed by atoms with Crippen LogP contribution in [0.4, 0.5) is 0 Å². The minimum Gasteiger partial charge on any atom is -0.462 e. The van der Waals surface area contributed by atoms with Crippen molar-refractivity contribution in [3.63, 3.8) is 0 Å². The molecule has 0 heterocycles. The van der Waals surface area contributed by atoms with E-state index in [1.807, 2.05) is 0 Å². The summed E-state index contributed by atoms with van der Waals surface area (Å²) in [5, 5.41) is 0. The van der Waals surface area contributed by atoms with Gasteiger partial charge in [-0.3, -0.25) is 14.4 Å². The average Bonchev–Trinajstić information content (AvgIpc) is 3.30. The summed E-state index contributed by atoms with van der Waals surface area (Å²) in [5.41, 5.74) is 0. The van der Waals surface area contributed by atoms with Crippen LogP contribution in [0.15, 0.2) is 85.1 Å². The van der Waals surface area contributed by atoms with Gasteiger partial charge in [-0.05, 0) is 116 Å². The first-order valence-corrected chi connectivity index (χ1v) is 27.1. The lowest BCUT2D eigenvalue weighted by atomic mass is 10.1. The van der Waals surface area contributed by atoms with Gasteiger partial charge in [-0.15, -0.1) is 0 Å². The van der Waals surface area contributed by atoms with Gasteiger partial charge < -0.3 is 14.2 Å². The molecular weight excluding hydrogens is 805 g/mol. The minimum atomic E-state index is -0.812. The highest BCUT2D eigenvalue weighted by Gasteiger charge is 2.19. The lowest BCUT2D eigenvalue weighted by Gasteiger charge is -2.18. The Morgan fingerprint density at radius 2 is 0.569 bits per heavy atom. The Bertz CT molecular complexity index is 1270. The number of carbonyl (C=O) groups is 3. The maximum absolute atomic E-state index is 12.8. The molecule has 0 fully saturated rings. The van der Waals surface area contributed by atoms with Gasteiger partial charge in [0.15, 0.2) is 6.10 Å². The predicted molar refractivity (Wildman–Crippen MR) is 279 cm³/mol. The highest BCUT2D eigenvalue weighted by molar-refractivity contribution is 5.71. The molecule has 0 amide bonds. The van der Waals surface area contributed by atoms with Gasteiger partial charge >= 0.3 is 17.9 Å². The van der Waals surface area contributed by atoms with Crippen molar-refractivity contribution in [3.05, 3.63) is 85.1 Å². The second-order valence-electron chi connectivity index (χ2n) is 17.8. The van der Waals surface area contributed by atoms with E-state index in [0.717, 1.165) is 89.9 Å². The molecule has 0 N–H and O–H groups in total. The fourth-order valence-corrected chi connectivity index (χ4v) is 7.22. The van der Waals surface area contributed by atoms with Crippen LogP contribution in [-0.2, 0) is 28.6 Å². The van der Waals surface area contributed by atoms with Crippen molar-refractivity contribution >= 4 is 17.9 Å². The summed E-state index contributed by atoms with van der Waals surface area (Å²) in [5.74, 6) is -0.977. The van der Waals surface area contributed by atoms with E-state index in [1.54, 1.807) is 0 Å². The summed E-state index contributed by atoms with van der Waals surface area (Å²) < 4.78 is 16.8. The monoisotopic (exact) mass is 905 g/mol. The molecule has 0 aliphatic heterocycles. The Hall–Kier alpha value is -3.41. The van der Waals surface area contributed by atoms with E-state index in [0.29, 0.717) is 19.3 Å². The molecule has 0 radical (unpaired) electrons. The van der Waals surface area contributed by atoms with Crippen LogP contribution in [0.2, 0.25) is 0 Å². The summed E-state index contributed by atoms with van der Waals surface area (Å²) in [6, 6.07) is 0. The van der Waals surface area contributed by atoms with Crippen LogP contribution in [0.1, 0.15) is 252 Å². The maximum atomic E-state index is 12.8. The van der Waals surface area contributed by atoms with Gasteiger partial charge in [0.25, 0.3) is 0 Å². The number of rotatable bonds is 48. The van der Waals surface area contributed by atoms with Crippen LogP contribution in [0.3, 0.4) is 0 Å². The van der Waals surface area contributed by atoms with Gasteiger partial charge in [0.05, 0.1) is 0 Å². The first kappa shape index (κ1) is 61.6. The van der Waals surface area contributed by atoms with Gasteiger partial charge in [0.1, 0.15) is 13.2 Å². The van der Waals surface area contributed by atoms with Gasteiger partial charge in [-0.25, -0.2) is 0 Å². The molecule has 0 aliphatic rings. The van der Waals surface area contributed by atoms with Crippen molar-refractivity contribution in [2.24, 2.45) is 0 Å². The molecule has 0 saturated heterocycles. The summed E-state index contributed by atoms with van der Waals surface area (Å²) in [4.78, 5) is 38.0. The molecule has 0 saturated carbocycles. The summed E-state index contributed by atoms with van der Waals surface area (Å²) >= 11 is 0. The van der Waals surface area contributed by atoms with Crippen molar-refractivity contribution in [2.45, 2.75) is 258 Å². The standard InChI is InChI=1S/C59H100O6/c1-4-7-10-13-16-19-22-25-27-29-31-34-37-40-43-46-49-52-58(61)64-55-56(54-63-57(60)51-48-45-42-39-36-33-24-21-18-15-12-9-6-3)65-59(62)53-50-47-44-41-38-35-32-30-28-26-23-20-17-14-11-8-5-2/h16-17,19-21,24-28,32,35,41,44,56H,4-15,18,22-23,29-31,33-34,36-40,42-43,45-55H2,1-3H3/b19-16-,20-17-,24-21-,27-25-,28-26-,35-32-,44-41-/t56-/m0/s1. The molecule has 1 atom stereocenters. The Morgan fingerprint density at radius 3 is 0.954 bits per heavy atom. The normalized spacial score (nSPS) is 12.7. The third-order valence-corrected chi connectivity index (χ3v) is 11.3. The lowest BCUT2D eigenvalue weighted by molar-refractivity contribution is -0.167. The van der Waals surface area contributed by atoms with Gasteiger partial charge in [-0.2, -0.15) is 0 Å². The number of hydrogen-bond acceptors (Lipinski definition) is 6. The number of unbranched alkanes of at least 4 members (excludes halogenated alkanes) is 23. The average molecular weight is 905 g/mol. The van der Waals surface area contributed by atoms with E-state index in [-0.39, 0.29) is 37.5 Å². The molecule has 6 nitrogen and oxygen atoms in total. The van der Waals surface area contributed by atoms with Crippen molar-refractivity contribution in [1.29, 1.82) is 0 Å². The Labute approximate surface area is 401 Å². The van der Waals surface area contributed by atoms with E-state index in [9.17, 15) is 14.4 Å². The predicted octanol–water partition coefficient (Wildman–Crippen LogP) is 18.0. The van der Waals surface area contributed by atoms with Crippen LogP contribution >= 0.6 is 0 Å². The zero-order chi connectivity index (χ0) is 47.2. The van der Waals surface area contributed by atoms with Crippen molar-refractivity contribution in [1.82, 2.24) is 0 Å². The molecular formula is C59H100O6. The molecule has 0 aromatic carbocycles. The zero-order valence-electron chi connectivity index (χ0n) is 42.5. The SMILES string of the molecule is CCCCC/C=C\C/C=C\C/C=C\C/C=C\CCCC(=O)O[C@@H](COC(=O)CCCCCCC/C=C\CCCCCC)COC(=O)CCCCCCCCC/C=C\C/C=C\CCCCC. The van der Waals surface area contributed by atoms with Crippen molar-refractivity contribution < 1.29 is 28.6 Å². The van der Waals surface area contributed by atoms with Crippen LogP contribution in [0, 0.1) is 0 Å². The largest absolute Gasteiger partial charge is 0.462 e. The first-order chi connectivity index (χ1) is 32.0. The second kappa shape index (κ2) is 53.2. The highest BCUT2D eigenvalue weighted by atomic mass is 16.6. The fourth-order valence-electron chi connectivity index (χ4n) is 7.22. The minimum absolute atomic E-state index is 0.105. The molecule has 0 aromatic rings. The van der Waals surface area contributed by atoms with E-state index < -0.39 is 6.10 Å². The smallest absolute Gasteiger partial charge is 0.306 e. The molecule has 0 rings (SSSR count). The Kier molecular flexibility index (Phi) is 50.4. The topological polar surface area (TPSA) is 78.9 Å². The lowest BCUT2D eigenvalue weighted by Crippen LogP contribution is -2.30. The molecule has 0 aliphatic carbocycles. The molecule has 65 heavy (non-hydrogen) atoms. The Balaban J connectivity index is 4.50. The van der Waals surface area contributed by atoms with Gasteiger partial charge in [0, 0.05) is 19.3 Å². The van der Waals surface area contributed by atoms with Crippen molar-refractivity contribution in [2.75, 3.05) is 13.2 Å². The summed E-state index contributed by atoms with van der Waals surface area (Å²) in [6.07, 6.45) is 68.5. The molecule has 372 valence electrons. The third kappa shape index (κ3) is 51.4. The number of ether oxygens (including phenoxy) is 3. The molecule has 0 aromatic heterocycles. The quantitative estimate of drug-likeness (QED) is 0.0262. The van der Waals surface area contributed by atoms with E-state index in [4.69, 9.17) is 14.2 Å². The second-order valence-corrected chi connectivity index (χ2v) is 17.8. The van der Waals surface area contributed by atoms with E-state index in [2.05, 4.69) is 106 Å².